The Morgan fingerprint density at radius 1 is 1.41 bits per heavy atom. The predicted molar refractivity (Wildman–Crippen MR) is 70.6 cm³/mol. The molecule has 96 valence electrons. The molecule has 0 aliphatic heterocycles. The molecule has 0 amide bonds. The molecular formula is C11H17ClN2O2S. The first-order chi connectivity index (χ1) is 7.89. The van der Waals surface area contributed by atoms with Gasteiger partial charge in [-0.2, -0.15) is 0 Å². The summed E-state index contributed by atoms with van der Waals surface area (Å²) in [5.74, 6) is 0. The molecule has 0 fully saturated rings. The maximum absolute atomic E-state index is 12.1. The number of anilines is 1. The van der Waals surface area contributed by atoms with E-state index >= 15 is 0 Å². The topological polar surface area (TPSA) is 63.4 Å². The molecule has 0 saturated carbocycles. The fourth-order valence-electron chi connectivity index (χ4n) is 1.35. The lowest BCUT2D eigenvalue weighted by molar-refractivity contribution is 0.459. The average molecular weight is 277 g/mol. The Labute approximate surface area is 107 Å². The van der Waals surface area contributed by atoms with Gasteiger partial charge in [-0.05, 0) is 24.6 Å². The minimum atomic E-state index is -3.46. The van der Waals surface area contributed by atoms with Crippen LogP contribution in [0.1, 0.15) is 19.8 Å². The second-order valence-corrected chi connectivity index (χ2v) is 6.32. The SMILES string of the molecule is CCCCN(C)S(=O)(=O)c1ccc(N)c(Cl)c1. The maximum Gasteiger partial charge on any atom is 0.242 e. The minimum absolute atomic E-state index is 0.176. The summed E-state index contributed by atoms with van der Waals surface area (Å²) in [6, 6.07) is 4.36. The molecule has 0 unspecified atom stereocenters. The first-order valence-electron chi connectivity index (χ1n) is 5.41. The van der Waals surface area contributed by atoms with E-state index in [4.69, 9.17) is 17.3 Å². The summed E-state index contributed by atoms with van der Waals surface area (Å²) in [7, 11) is -1.89. The highest BCUT2D eigenvalue weighted by Crippen LogP contribution is 2.24. The number of nitrogens with zero attached hydrogens (tertiary/aromatic N) is 1. The van der Waals surface area contributed by atoms with E-state index < -0.39 is 10.0 Å². The molecular weight excluding hydrogens is 260 g/mol. The Bertz CT molecular complexity index is 488. The van der Waals surface area contributed by atoms with E-state index in [9.17, 15) is 8.42 Å². The molecule has 4 nitrogen and oxygen atoms in total. The smallest absolute Gasteiger partial charge is 0.242 e. The van der Waals surface area contributed by atoms with Crippen molar-refractivity contribution in [3.63, 3.8) is 0 Å². The van der Waals surface area contributed by atoms with E-state index in [1.165, 1.54) is 22.5 Å². The predicted octanol–water partition coefficient (Wildman–Crippen LogP) is 2.34. The summed E-state index contributed by atoms with van der Waals surface area (Å²) in [6.07, 6.45) is 1.78. The lowest BCUT2D eigenvalue weighted by Crippen LogP contribution is -2.27. The van der Waals surface area contributed by atoms with Crippen molar-refractivity contribution in [2.45, 2.75) is 24.7 Å². The van der Waals surface area contributed by atoms with Crippen LogP contribution in [0.25, 0.3) is 0 Å². The fraction of sp³-hybridized carbons (Fsp3) is 0.455. The van der Waals surface area contributed by atoms with Crippen LogP contribution in [-0.4, -0.2) is 26.3 Å². The van der Waals surface area contributed by atoms with Crippen molar-refractivity contribution in [2.75, 3.05) is 19.3 Å². The average Bonchev–Trinajstić information content (AvgIpc) is 2.29. The highest BCUT2D eigenvalue weighted by atomic mass is 35.5. The number of benzene rings is 1. The summed E-state index contributed by atoms with van der Waals surface area (Å²) in [6.45, 7) is 2.52. The standard InChI is InChI=1S/C11H17ClN2O2S/c1-3-4-7-14(2)17(15,16)9-5-6-11(13)10(12)8-9/h5-6,8H,3-4,7,13H2,1-2H3. The molecule has 0 atom stereocenters. The first kappa shape index (κ1) is 14.3. The van der Waals surface area contributed by atoms with Crippen LogP contribution in [0.5, 0.6) is 0 Å². The van der Waals surface area contributed by atoms with Gasteiger partial charge in [-0.3, -0.25) is 0 Å². The molecule has 17 heavy (non-hydrogen) atoms. The molecule has 0 aliphatic carbocycles. The molecule has 6 heteroatoms. The Balaban J connectivity index is 3.00. The van der Waals surface area contributed by atoms with Crippen LogP contribution in [0, 0.1) is 0 Å². The van der Waals surface area contributed by atoms with E-state index in [0.29, 0.717) is 12.2 Å². The number of halogens is 1. The third-order valence-corrected chi connectivity index (χ3v) is 4.69. The fourth-order valence-corrected chi connectivity index (χ4v) is 2.83. The number of sulfonamides is 1. The molecule has 0 bridgehead atoms. The van der Waals surface area contributed by atoms with E-state index in [-0.39, 0.29) is 9.92 Å². The van der Waals surface area contributed by atoms with Crippen molar-refractivity contribution in [2.24, 2.45) is 0 Å². The van der Waals surface area contributed by atoms with Gasteiger partial charge in [0.1, 0.15) is 0 Å². The zero-order valence-electron chi connectivity index (χ0n) is 9.98. The van der Waals surface area contributed by atoms with Gasteiger partial charge >= 0.3 is 0 Å². The minimum Gasteiger partial charge on any atom is -0.398 e. The summed E-state index contributed by atoms with van der Waals surface area (Å²) >= 11 is 5.82. The Morgan fingerprint density at radius 3 is 2.59 bits per heavy atom. The van der Waals surface area contributed by atoms with Crippen LogP contribution in [0.15, 0.2) is 23.1 Å². The summed E-state index contributed by atoms with van der Waals surface area (Å²) < 4.78 is 25.6. The number of unbranched alkanes of at least 4 members (excludes halogenated alkanes) is 1. The third kappa shape index (κ3) is 3.34. The lowest BCUT2D eigenvalue weighted by atomic mass is 10.3. The van der Waals surface area contributed by atoms with Crippen molar-refractivity contribution in [3.05, 3.63) is 23.2 Å². The molecule has 1 aromatic rings. The normalized spacial score (nSPS) is 12.0. The highest BCUT2D eigenvalue weighted by Gasteiger charge is 2.20. The second kappa shape index (κ2) is 5.71. The number of hydrogen-bond acceptors (Lipinski definition) is 3. The molecule has 0 spiro atoms. The Kier molecular flexibility index (Phi) is 4.80. The van der Waals surface area contributed by atoms with Gasteiger partial charge in [0.25, 0.3) is 0 Å². The second-order valence-electron chi connectivity index (χ2n) is 3.86. The summed E-state index contributed by atoms with van der Waals surface area (Å²) in [5.41, 5.74) is 5.92. The number of rotatable bonds is 5. The monoisotopic (exact) mass is 276 g/mol. The van der Waals surface area contributed by atoms with E-state index in [1.807, 2.05) is 6.92 Å². The zero-order valence-corrected chi connectivity index (χ0v) is 11.6. The van der Waals surface area contributed by atoms with Gasteiger partial charge in [0.05, 0.1) is 15.6 Å². The lowest BCUT2D eigenvalue weighted by Gasteiger charge is -2.17. The van der Waals surface area contributed by atoms with Gasteiger partial charge in [-0.25, -0.2) is 12.7 Å². The summed E-state index contributed by atoms with van der Waals surface area (Å²) in [4.78, 5) is 0.176. The van der Waals surface area contributed by atoms with E-state index in [0.717, 1.165) is 12.8 Å². The molecule has 2 N–H and O–H groups in total. The molecule has 0 heterocycles. The van der Waals surface area contributed by atoms with Gasteiger partial charge in [-0.15, -0.1) is 0 Å². The van der Waals surface area contributed by atoms with Crippen LogP contribution in [0.4, 0.5) is 5.69 Å². The van der Waals surface area contributed by atoms with Crippen LogP contribution >= 0.6 is 11.6 Å². The van der Waals surface area contributed by atoms with Gasteiger partial charge in [-0.1, -0.05) is 24.9 Å². The highest BCUT2D eigenvalue weighted by molar-refractivity contribution is 7.89. The van der Waals surface area contributed by atoms with E-state index in [2.05, 4.69) is 0 Å². The largest absolute Gasteiger partial charge is 0.398 e. The molecule has 1 rings (SSSR count). The molecule has 0 aromatic heterocycles. The van der Waals surface area contributed by atoms with Crippen LogP contribution in [0.2, 0.25) is 5.02 Å². The first-order valence-corrected chi connectivity index (χ1v) is 7.22. The van der Waals surface area contributed by atoms with Crippen molar-refractivity contribution in [1.29, 1.82) is 0 Å². The van der Waals surface area contributed by atoms with Gasteiger partial charge < -0.3 is 5.73 Å². The number of nitrogen functional groups attached to an aromatic ring is 1. The Morgan fingerprint density at radius 2 is 2.06 bits per heavy atom. The van der Waals surface area contributed by atoms with Gasteiger partial charge in [0, 0.05) is 13.6 Å². The maximum atomic E-state index is 12.1. The van der Waals surface area contributed by atoms with Crippen LogP contribution < -0.4 is 5.73 Å². The molecule has 0 radical (unpaired) electrons. The molecule has 0 saturated heterocycles. The van der Waals surface area contributed by atoms with Crippen LogP contribution in [0.3, 0.4) is 0 Å². The van der Waals surface area contributed by atoms with Gasteiger partial charge in [0.15, 0.2) is 0 Å². The van der Waals surface area contributed by atoms with Gasteiger partial charge in [0.2, 0.25) is 10.0 Å². The van der Waals surface area contributed by atoms with Crippen LogP contribution in [-0.2, 0) is 10.0 Å². The zero-order chi connectivity index (χ0) is 13.1. The van der Waals surface area contributed by atoms with Crippen molar-refractivity contribution < 1.29 is 8.42 Å². The number of hydrogen-bond donors (Lipinski definition) is 1. The molecule has 0 aliphatic rings. The van der Waals surface area contributed by atoms with E-state index in [1.54, 1.807) is 7.05 Å². The van der Waals surface area contributed by atoms with Crippen molar-refractivity contribution in [1.82, 2.24) is 4.31 Å². The quantitative estimate of drug-likeness (QED) is 0.840. The summed E-state index contributed by atoms with van der Waals surface area (Å²) in [5, 5.41) is 0.259. The molecule has 1 aromatic carbocycles. The third-order valence-electron chi connectivity index (χ3n) is 2.51. The van der Waals surface area contributed by atoms with Crippen molar-refractivity contribution >= 4 is 27.3 Å². The Hall–Kier alpha value is -0.780. The number of nitrogens with two attached hydrogens (primary N) is 1. The van der Waals surface area contributed by atoms with Crippen molar-refractivity contribution in [3.8, 4) is 0 Å².